The first-order valence-electron chi connectivity index (χ1n) is 7.83. The molecule has 3 heterocycles. The second-order valence-corrected chi connectivity index (χ2v) is 6.21. The van der Waals surface area contributed by atoms with Crippen LogP contribution in [0.3, 0.4) is 0 Å². The third-order valence-electron chi connectivity index (χ3n) is 4.34. The summed E-state index contributed by atoms with van der Waals surface area (Å²) in [4.78, 5) is 4.51. The number of aromatic nitrogens is 3. The number of fused-ring (bicyclic) bond motifs is 1. The summed E-state index contributed by atoms with van der Waals surface area (Å²) in [6.45, 7) is 8.30. The van der Waals surface area contributed by atoms with Crippen molar-refractivity contribution in [2.45, 2.75) is 45.6 Å². The minimum absolute atomic E-state index is 0.394. The van der Waals surface area contributed by atoms with Gasteiger partial charge in [0.1, 0.15) is 5.52 Å². The van der Waals surface area contributed by atoms with Crippen molar-refractivity contribution >= 4 is 11.3 Å². The lowest BCUT2D eigenvalue weighted by Crippen LogP contribution is -2.31. The summed E-state index contributed by atoms with van der Waals surface area (Å²) in [5.41, 5.74) is 2.16. The van der Waals surface area contributed by atoms with Gasteiger partial charge in [0.15, 0.2) is 5.82 Å². The Labute approximate surface area is 125 Å². The molecule has 3 rings (SSSR count). The minimum Gasteiger partial charge on any atom is -0.381 e. The first-order chi connectivity index (χ1) is 10.1. The third-order valence-corrected chi connectivity index (χ3v) is 4.34. The van der Waals surface area contributed by atoms with Gasteiger partial charge in [-0.15, -0.1) is 0 Å². The lowest BCUT2D eigenvalue weighted by molar-refractivity contribution is 0.0622. The maximum Gasteiger partial charge on any atom is 0.152 e. The predicted molar refractivity (Wildman–Crippen MR) is 83.7 cm³/mol. The van der Waals surface area contributed by atoms with Gasteiger partial charge in [-0.25, -0.2) is 9.50 Å². The summed E-state index contributed by atoms with van der Waals surface area (Å²) in [5.74, 6) is 2.00. The van der Waals surface area contributed by atoms with Crippen molar-refractivity contribution in [3.8, 4) is 0 Å². The maximum absolute atomic E-state index is 5.44. The van der Waals surface area contributed by atoms with E-state index >= 15 is 0 Å². The van der Waals surface area contributed by atoms with Gasteiger partial charge in [0, 0.05) is 31.6 Å². The van der Waals surface area contributed by atoms with E-state index in [4.69, 9.17) is 4.74 Å². The van der Waals surface area contributed by atoms with Gasteiger partial charge in [0.05, 0.1) is 5.69 Å². The Hall–Kier alpha value is -1.62. The zero-order chi connectivity index (χ0) is 14.8. The molecule has 0 radical (unpaired) electrons. The minimum atomic E-state index is 0.394. The second kappa shape index (κ2) is 6.02. The molecule has 0 aromatic carbocycles. The Bertz CT molecular complexity index is 601. The number of hydrogen-bond acceptors (Lipinski definition) is 4. The summed E-state index contributed by atoms with van der Waals surface area (Å²) < 4.78 is 7.36. The van der Waals surface area contributed by atoms with Crippen LogP contribution in [-0.2, 0) is 4.74 Å². The van der Waals surface area contributed by atoms with Crippen molar-refractivity contribution < 1.29 is 4.74 Å². The number of hydrogen-bond donors (Lipinski definition) is 1. The van der Waals surface area contributed by atoms with Gasteiger partial charge in [-0.05, 0) is 37.7 Å². The molecule has 2 aromatic rings. The van der Waals surface area contributed by atoms with E-state index in [1.54, 1.807) is 0 Å². The second-order valence-electron chi connectivity index (χ2n) is 6.21. The van der Waals surface area contributed by atoms with Crippen molar-refractivity contribution in [1.82, 2.24) is 14.6 Å². The molecule has 0 saturated carbocycles. The molecule has 5 heteroatoms. The molecule has 21 heavy (non-hydrogen) atoms. The van der Waals surface area contributed by atoms with Crippen LogP contribution in [0.4, 0.5) is 5.82 Å². The van der Waals surface area contributed by atoms with E-state index in [0.717, 1.165) is 43.1 Å². The van der Waals surface area contributed by atoms with Crippen LogP contribution >= 0.6 is 0 Å². The zero-order valence-electron chi connectivity index (χ0n) is 13.0. The first-order valence-corrected chi connectivity index (χ1v) is 7.83. The predicted octanol–water partition coefficient (Wildman–Crippen LogP) is 3.08. The van der Waals surface area contributed by atoms with Crippen LogP contribution in [0.15, 0.2) is 18.5 Å². The van der Waals surface area contributed by atoms with Crippen molar-refractivity contribution in [1.29, 1.82) is 0 Å². The molecule has 5 nitrogen and oxygen atoms in total. The average Bonchev–Trinajstić information content (AvgIpc) is 2.93. The number of nitrogens with zero attached hydrogens (tertiary/aromatic N) is 3. The topological polar surface area (TPSA) is 51.5 Å². The zero-order valence-corrected chi connectivity index (χ0v) is 13.0. The fourth-order valence-corrected chi connectivity index (χ4v) is 2.88. The molecule has 0 aliphatic carbocycles. The van der Waals surface area contributed by atoms with Crippen molar-refractivity contribution in [2.75, 3.05) is 18.5 Å². The highest BCUT2D eigenvalue weighted by molar-refractivity contribution is 5.68. The monoisotopic (exact) mass is 288 g/mol. The van der Waals surface area contributed by atoms with Crippen molar-refractivity contribution in [3.63, 3.8) is 0 Å². The van der Waals surface area contributed by atoms with Gasteiger partial charge in [-0.3, -0.25) is 0 Å². The van der Waals surface area contributed by atoms with E-state index in [0.29, 0.717) is 17.9 Å². The highest BCUT2D eigenvalue weighted by Crippen LogP contribution is 2.24. The quantitative estimate of drug-likeness (QED) is 0.939. The Morgan fingerprint density at radius 1 is 1.29 bits per heavy atom. The van der Waals surface area contributed by atoms with Crippen molar-refractivity contribution in [2.24, 2.45) is 5.92 Å². The number of rotatable bonds is 4. The Morgan fingerprint density at radius 2 is 2.05 bits per heavy atom. The standard InChI is InChI=1S/C16H24N4O/c1-11(2)14-10-15-16(17-6-7-20(15)19-14)18-12(3)13-4-8-21-9-5-13/h6-7,10-13H,4-5,8-9H2,1-3H3,(H,17,18). The molecule has 2 aromatic heterocycles. The van der Waals surface area contributed by atoms with E-state index in [1.165, 1.54) is 0 Å². The fourth-order valence-electron chi connectivity index (χ4n) is 2.88. The first kappa shape index (κ1) is 14.3. The molecular formula is C16H24N4O. The molecule has 0 bridgehead atoms. The molecule has 1 aliphatic rings. The normalized spacial score (nSPS) is 18.3. The Kier molecular flexibility index (Phi) is 4.10. The van der Waals surface area contributed by atoms with Gasteiger partial charge in [-0.2, -0.15) is 5.10 Å². The van der Waals surface area contributed by atoms with Gasteiger partial charge in [0.2, 0.25) is 0 Å². The van der Waals surface area contributed by atoms with Crippen LogP contribution in [0.5, 0.6) is 0 Å². The molecule has 1 N–H and O–H groups in total. The van der Waals surface area contributed by atoms with Crippen LogP contribution in [0.25, 0.3) is 5.52 Å². The molecule has 114 valence electrons. The van der Waals surface area contributed by atoms with Gasteiger partial charge in [0.25, 0.3) is 0 Å². The van der Waals surface area contributed by atoms with E-state index in [1.807, 2.05) is 16.9 Å². The van der Waals surface area contributed by atoms with E-state index < -0.39 is 0 Å². The number of anilines is 1. The fraction of sp³-hybridized carbons (Fsp3) is 0.625. The molecule has 1 atom stereocenters. The van der Waals surface area contributed by atoms with Crippen LogP contribution in [0.2, 0.25) is 0 Å². The largest absolute Gasteiger partial charge is 0.381 e. The molecule has 0 spiro atoms. The lowest BCUT2D eigenvalue weighted by Gasteiger charge is -2.28. The van der Waals surface area contributed by atoms with E-state index in [-0.39, 0.29) is 0 Å². The molecule has 1 saturated heterocycles. The summed E-state index contributed by atoms with van der Waals surface area (Å²) in [6.07, 6.45) is 5.95. The molecular weight excluding hydrogens is 264 g/mol. The Balaban J connectivity index is 1.82. The van der Waals surface area contributed by atoms with Gasteiger partial charge in [-0.1, -0.05) is 13.8 Å². The molecule has 1 fully saturated rings. The Morgan fingerprint density at radius 3 is 2.76 bits per heavy atom. The van der Waals surface area contributed by atoms with E-state index in [9.17, 15) is 0 Å². The number of ether oxygens (including phenoxy) is 1. The summed E-state index contributed by atoms with van der Waals surface area (Å²) >= 11 is 0. The van der Waals surface area contributed by atoms with Gasteiger partial charge >= 0.3 is 0 Å². The molecule has 0 amide bonds. The SMILES string of the molecule is CC(C)c1cc2c(NC(C)C3CCOCC3)nccn2n1. The smallest absolute Gasteiger partial charge is 0.152 e. The highest BCUT2D eigenvalue weighted by Gasteiger charge is 2.21. The molecule has 1 unspecified atom stereocenters. The van der Waals surface area contributed by atoms with Crippen LogP contribution in [-0.4, -0.2) is 33.9 Å². The summed E-state index contributed by atoms with van der Waals surface area (Å²) in [6, 6.07) is 2.53. The van der Waals surface area contributed by atoms with Crippen LogP contribution in [0, 0.1) is 5.92 Å². The van der Waals surface area contributed by atoms with Crippen LogP contribution in [0.1, 0.15) is 45.2 Å². The average molecular weight is 288 g/mol. The van der Waals surface area contributed by atoms with Crippen LogP contribution < -0.4 is 5.32 Å². The highest BCUT2D eigenvalue weighted by atomic mass is 16.5. The third kappa shape index (κ3) is 3.02. The van der Waals surface area contributed by atoms with Crippen molar-refractivity contribution in [3.05, 3.63) is 24.2 Å². The van der Waals surface area contributed by atoms with Gasteiger partial charge < -0.3 is 10.1 Å². The van der Waals surface area contributed by atoms with E-state index in [2.05, 4.69) is 42.2 Å². The maximum atomic E-state index is 5.44. The summed E-state index contributed by atoms with van der Waals surface area (Å²) in [7, 11) is 0. The number of nitrogens with one attached hydrogen (secondary N) is 1. The summed E-state index contributed by atoms with van der Waals surface area (Å²) in [5, 5.41) is 8.19. The lowest BCUT2D eigenvalue weighted by atomic mass is 9.93. The molecule has 1 aliphatic heterocycles.